The van der Waals surface area contributed by atoms with E-state index in [0.717, 1.165) is 17.0 Å². The number of nitrogens with zero attached hydrogens (tertiary/aromatic N) is 4. The van der Waals surface area contributed by atoms with Crippen LogP contribution >= 0.6 is 0 Å². The van der Waals surface area contributed by atoms with Gasteiger partial charge in [0.15, 0.2) is 0 Å². The molecule has 0 aliphatic carbocycles. The van der Waals surface area contributed by atoms with Gasteiger partial charge in [-0.1, -0.05) is 36.4 Å². The summed E-state index contributed by atoms with van der Waals surface area (Å²) >= 11 is 0. The summed E-state index contributed by atoms with van der Waals surface area (Å²) in [6.45, 7) is 5.48. The summed E-state index contributed by atoms with van der Waals surface area (Å²) in [4.78, 5) is 13.1. The average Bonchev–Trinajstić information content (AvgIpc) is 3.14. The van der Waals surface area contributed by atoms with E-state index in [0.29, 0.717) is 44.8 Å². The quantitative estimate of drug-likeness (QED) is 0.530. The van der Waals surface area contributed by atoms with Gasteiger partial charge in [-0.15, -0.1) is 0 Å². The van der Waals surface area contributed by atoms with Crippen LogP contribution in [0.15, 0.2) is 58.2 Å². The van der Waals surface area contributed by atoms with Gasteiger partial charge in [-0.2, -0.15) is 9.40 Å². The molecule has 1 aliphatic rings. The van der Waals surface area contributed by atoms with Crippen LogP contribution in [-0.2, 0) is 23.1 Å². The van der Waals surface area contributed by atoms with E-state index in [1.165, 1.54) is 16.1 Å². The predicted molar refractivity (Wildman–Crippen MR) is 126 cm³/mol. The normalized spacial score (nSPS) is 15.6. The van der Waals surface area contributed by atoms with Crippen LogP contribution in [0.25, 0.3) is 0 Å². The van der Waals surface area contributed by atoms with Crippen LogP contribution in [-0.4, -0.2) is 47.3 Å². The van der Waals surface area contributed by atoms with E-state index in [-0.39, 0.29) is 16.5 Å². The standard InChI is InChI=1S/C24H30N4O4S/c1-4-27-23(25-28(24(27)29)17-19-8-6-5-7-9-19)20-12-14-26(15-13-20)33(30,31)22-16-18(2)10-11-21(22)32-3/h5-11,16,20H,4,12-15,17H2,1-3H3. The molecule has 0 atom stereocenters. The van der Waals surface area contributed by atoms with Gasteiger partial charge in [0.05, 0.1) is 13.7 Å². The number of sulfonamides is 1. The molecule has 8 nitrogen and oxygen atoms in total. The van der Waals surface area contributed by atoms with E-state index in [1.54, 1.807) is 16.7 Å². The lowest BCUT2D eigenvalue weighted by Crippen LogP contribution is -2.38. The van der Waals surface area contributed by atoms with Gasteiger partial charge in [0.2, 0.25) is 10.0 Å². The number of piperidine rings is 1. The van der Waals surface area contributed by atoms with Crippen molar-refractivity contribution < 1.29 is 13.2 Å². The fourth-order valence-corrected chi connectivity index (χ4v) is 6.11. The molecule has 0 bridgehead atoms. The molecular formula is C24H30N4O4S. The second kappa shape index (κ2) is 9.52. The number of ether oxygens (including phenoxy) is 1. The summed E-state index contributed by atoms with van der Waals surface area (Å²) < 4.78 is 36.7. The third-order valence-corrected chi connectivity index (χ3v) is 8.12. The van der Waals surface area contributed by atoms with Gasteiger partial charge >= 0.3 is 5.69 Å². The monoisotopic (exact) mass is 470 g/mol. The Morgan fingerprint density at radius 2 is 1.79 bits per heavy atom. The van der Waals surface area contributed by atoms with Gasteiger partial charge in [0.25, 0.3) is 0 Å². The molecule has 2 aromatic carbocycles. The molecule has 4 rings (SSSR count). The first-order valence-corrected chi connectivity index (χ1v) is 12.7. The Labute approximate surface area is 194 Å². The number of hydrogen-bond acceptors (Lipinski definition) is 5. The van der Waals surface area contributed by atoms with Crippen molar-refractivity contribution >= 4 is 10.0 Å². The molecule has 0 unspecified atom stereocenters. The van der Waals surface area contributed by atoms with Crippen LogP contribution in [0, 0.1) is 6.92 Å². The fourth-order valence-electron chi connectivity index (χ4n) is 4.40. The molecule has 33 heavy (non-hydrogen) atoms. The lowest BCUT2D eigenvalue weighted by molar-refractivity contribution is 0.307. The molecule has 0 amide bonds. The van der Waals surface area contributed by atoms with Crippen molar-refractivity contribution in [3.8, 4) is 5.75 Å². The Balaban J connectivity index is 1.54. The molecule has 0 spiro atoms. The number of hydrogen-bond donors (Lipinski definition) is 0. The zero-order valence-corrected chi connectivity index (χ0v) is 20.1. The highest BCUT2D eigenvalue weighted by molar-refractivity contribution is 7.89. The smallest absolute Gasteiger partial charge is 0.346 e. The summed E-state index contributed by atoms with van der Waals surface area (Å²) in [6.07, 6.45) is 1.21. The van der Waals surface area contributed by atoms with Crippen molar-refractivity contribution in [3.05, 3.63) is 76.0 Å². The molecule has 0 N–H and O–H groups in total. The summed E-state index contributed by atoms with van der Waals surface area (Å²) in [6, 6.07) is 14.9. The third kappa shape index (κ3) is 4.60. The Bertz CT molecular complexity index is 1270. The van der Waals surface area contributed by atoms with Gasteiger partial charge < -0.3 is 4.74 Å². The van der Waals surface area contributed by atoms with E-state index >= 15 is 0 Å². The Hall–Kier alpha value is -2.91. The zero-order valence-electron chi connectivity index (χ0n) is 19.3. The van der Waals surface area contributed by atoms with Crippen LogP contribution in [0.4, 0.5) is 0 Å². The number of aromatic nitrogens is 3. The van der Waals surface area contributed by atoms with Crippen molar-refractivity contribution in [2.75, 3.05) is 20.2 Å². The molecule has 0 saturated carbocycles. The Kier molecular flexibility index (Phi) is 6.71. The molecule has 1 aromatic heterocycles. The van der Waals surface area contributed by atoms with Crippen LogP contribution in [0.2, 0.25) is 0 Å². The van der Waals surface area contributed by atoms with E-state index in [4.69, 9.17) is 4.74 Å². The van der Waals surface area contributed by atoms with Crippen molar-refractivity contribution in [1.82, 2.24) is 18.7 Å². The lowest BCUT2D eigenvalue weighted by Gasteiger charge is -2.31. The molecule has 1 aliphatic heterocycles. The van der Waals surface area contributed by atoms with E-state index in [9.17, 15) is 13.2 Å². The Morgan fingerprint density at radius 3 is 2.42 bits per heavy atom. The molecule has 3 aromatic rings. The molecule has 1 saturated heterocycles. The van der Waals surface area contributed by atoms with Gasteiger partial charge in [-0.05, 0) is 49.9 Å². The van der Waals surface area contributed by atoms with Crippen molar-refractivity contribution in [2.24, 2.45) is 0 Å². The van der Waals surface area contributed by atoms with E-state index in [1.807, 2.05) is 50.2 Å². The summed E-state index contributed by atoms with van der Waals surface area (Å²) in [7, 11) is -2.20. The van der Waals surface area contributed by atoms with Gasteiger partial charge in [0, 0.05) is 25.6 Å². The van der Waals surface area contributed by atoms with Gasteiger partial charge in [-0.25, -0.2) is 17.9 Å². The molecule has 1 fully saturated rings. The van der Waals surface area contributed by atoms with E-state index < -0.39 is 10.0 Å². The second-order valence-corrected chi connectivity index (χ2v) is 10.3. The topological polar surface area (TPSA) is 86.4 Å². The van der Waals surface area contributed by atoms with Crippen LogP contribution in [0.5, 0.6) is 5.75 Å². The second-order valence-electron chi connectivity index (χ2n) is 8.36. The van der Waals surface area contributed by atoms with Gasteiger partial charge in [0.1, 0.15) is 16.5 Å². The highest BCUT2D eigenvalue weighted by Gasteiger charge is 2.34. The predicted octanol–water partition coefficient (Wildman–Crippen LogP) is 3.00. The highest BCUT2D eigenvalue weighted by atomic mass is 32.2. The van der Waals surface area contributed by atoms with Gasteiger partial charge in [-0.3, -0.25) is 4.57 Å². The Morgan fingerprint density at radius 1 is 1.09 bits per heavy atom. The SMILES string of the molecule is CCn1c(C2CCN(S(=O)(=O)c3cc(C)ccc3OC)CC2)nn(Cc2ccccc2)c1=O. The van der Waals surface area contributed by atoms with Crippen molar-refractivity contribution in [2.45, 2.75) is 50.6 Å². The largest absolute Gasteiger partial charge is 0.495 e. The van der Waals surface area contributed by atoms with E-state index in [2.05, 4.69) is 5.10 Å². The fraction of sp³-hybridized carbons (Fsp3) is 0.417. The lowest BCUT2D eigenvalue weighted by atomic mass is 9.97. The minimum atomic E-state index is -3.68. The molecular weight excluding hydrogens is 440 g/mol. The van der Waals surface area contributed by atoms with Crippen LogP contribution in [0.3, 0.4) is 0 Å². The zero-order chi connectivity index (χ0) is 23.6. The summed E-state index contributed by atoms with van der Waals surface area (Å²) in [5.74, 6) is 1.12. The average molecular weight is 471 g/mol. The summed E-state index contributed by atoms with van der Waals surface area (Å²) in [5.41, 5.74) is 1.75. The number of benzene rings is 2. The van der Waals surface area contributed by atoms with Crippen molar-refractivity contribution in [3.63, 3.8) is 0 Å². The molecule has 0 radical (unpaired) electrons. The van der Waals surface area contributed by atoms with Crippen molar-refractivity contribution in [1.29, 1.82) is 0 Å². The molecule has 2 heterocycles. The summed E-state index contributed by atoms with van der Waals surface area (Å²) in [5, 5.41) is 4.66. The maximum atomic E-state index is 13.3. The minimum absolute atomic E-state index is 0.0283. The number of rotatable bonds is 7. The maximum absolute atomic E-state index is 13.3. The molecule has 176 valence electrons. The number of methoxy groups -OCH3 is 1. The first kappa shape index (κ1) is 23.3. The maximum Gasteiger partial charge on any atom is 0.346 e. The first-order chi connectivity index (χ1) is 15.8. The van der Waals surface area contributed by atoms with Crippen LogP contribution in [0.1, 0.15) is 42.6 Å². The van der Waals surface area contributed by atoms with Crippen LogP contribution < -0.4 is 10.4 Å². The number of aryl methyl sites for hydroxylation is 1. The highest BCUT2D eigenvalue weighted by Crippen LogP contribution is 2.33. The third-order valence-electron chi connectivity index (χ3n) is 6.20. The minimum Gasteiger partial charge on any atom is -0.495 e. The molecule has 9 heteroatoms. The first-order valence-electron chi connectivity index (χ1n) is 11.2.